The minimum atomic E-state index is -4.07. The summed E-state index contributed by atoms with van der Waals surface area (Å²) in [6.07, 6.45) is -3.15. The highest BCUT2D eigenvalue weighted by Crippen LogP contribution is 2.23. The Kier molecular flexibility index (Phi) is 7.76. The third-order valence-electron chi connectivity index (χ3n) is 2.48. The molecule has 98 valence electrons. The number of nitrogens with one attached hydrogen (secondary N) is 1. The molecule has 0 aromatic heterocycles. The average molecular weight is 241 g/mol. The number of rotatable bonds is 8. The number of methoxy groups -OCH3 is 1. The van der Waals surface area contributed by atoms with E-state index in [1.165, 1.54) is 0 Å². The Bertz CT molecular complexity index is 173. The zero-order chi connectivity index (χ0) is 12.6. The maximum absolute atomic E-state index is 12.1. The van der Waals surface area contributed by atoms with Gasteiger partial charge >= 0.3 is 6.18 Å². The molecule has 0 heterocycles. The van der Waals surface area contributed by atoms with Gasteiger partial charge in [0.1, 0.15) is 0 Å². The van der Waals surface area contributed by atoms with Crippen LogP contribution in [0, 0.1) is 0 Å². The molecule has 16 heavy (non-hydrogen) atoms. The van der Waals surface area contributed by atoms with Crippen LogP contribution in [0.2, 0.25) is 0 Å². The molecule has 0 saturated carbocycles. The van der Waals surface area contributed by atoms with Crippen molar-refractivity contribution in [2.75, 3.05) is 13.7 Å². The van der Waals surface area contributed by atoms with Gasteiger partial charge in [0.2, 0.25) is 0 Å². The molecule has 0 radical (unpaired) electrons. The van der Waals surface area contributed by atoms with Gasteiger partial charge in [-0.1, -0.05) is 6.92 Å². The fourth-order valence-corrected chi connectivity index (χ4v) is 1.49. The third kappa shape index (κ3) is 8.97. The van der Waals surface area contributed by atoms with Gasteiger partial charge in [-0.15, -0.1) is 0 Å². The van der Waals surface area contributed by atoms with Gasteiger partial charge in [-0.2, -0.15) is 13.2 Å². The molecule has 0 saturated heterocycles. The zero-order valence-electron chi connectivity index (χ0n) is 10.2. The lowest BCUT2D eigenvalue weighted by atomic mass is 10.0. The number of alkyl halides is 3. The lowest BCUT2D eigenvalue weighted by molar-refractivity contribution is -0.137. The predicted molar refractivity (Wildman–Crippen MR) is 58.5 cm³/mol. The maximum atomic E-state index is 12.1. The topological polar surface area (TPSA) is 21.3 Å². The van der Waals surface area contributed by atoms with Crippen LogP contribution in [0.25, 0.3) is 0 Å². The molecule has 0 spiro atoms. The Morgan fingerprint density at radius 3 is 2.38 bits per heavy atom. The van der Waals surface area contributed by atoms with Crippen molar-refractivity contribution in [3.8, 4) is 0 Å². The van der Waals surface area contributed by atoms with Crippen LogP contribution in [0.1, 0.15) is 39.5 Å². The van der Waals surface area contributed by atoms with Gasteiger partial charge in [-0.05, 0) is 32.7 Å². The van der Waals surface area contributed by atoms with E-state index in [4.69, 9.17) is 4.74 Å². The van der Waals surface area contributed by atoms with Gasteiger partial charge in [0.25, 0.3) is 0 Å². The first-order valence-corrected chi connectivity index (χ1v) is 5.72. The summed E-state index contributed by atoms with van der Waals surface area (Å²) in [5.41, 5.74) is 0. The first kappa shape index (κ1) is 15.7. The average Bonchev–Trinajstić information content (AvgIpc) is 2.20. The highest BCUT2D eigenvalue weighted by atomic mass is 19.4. The first-order valence-electron chi connectivity index (χ1n) is 5.72. The van der Waals surface area contributed by atoms with E-state index in [2.05, 4.69) is 5.32 Å². The fourth-order valence-electron chi connectivity index (χ4n) is 1.49. The highest BCUT2D eigenvalue weighted by Gasteiger charge is 2.28. The van der Waals surface area contributed by atoms with Crippen molar-refractivity contribution < 1.29 is 17.9 Å². The Morgan fingerprint density at radius 1 is 1.31 bits per heavy atom. The third-order valence-corrected chi connectivity index (χ3v) is 2.48. The molecule has 0 aromatic rings. The molecule has 0 fully saturated rings. The molecule has 0 bridgehead atoms. The van der Waals surface area contributed by atoms with Crippen molar-refractivity contribution in [1.82, 2.24) is 5.32 Å². The summed E-state index contributed by atoms with van der Waals surface area (Å²) in [5.74, 6) is 0. The Balaban J connectivity index is 3.99. The SMILES string of the molecule is CCCNC(CCC(F)(F)F)CC(C)OC. The largest absolute Gasteiger partial charge is 0.389 e. The fraction of sp³-hybridized carbons (Fsp3) is 1.00. The van der Waals surface area contributed by atoms with Gasteiger partial charge < -0.3 is 10.1 Å². The summed E-state index contributed by atoms with van der Waals surface area (Å²) < 4.78 is 41.4. The van der Waals surface area contributed by atoms with Crippen LogP contribution in [-0.4, -0.2) is 32.0 Å². The second-order valence-electron chi connectivity index (χ2n) is 4.09. The Labute approximate surface area is 95.5 Å². The van der Waals surface area contributed by atoms with Crippen molar-refractivity contribution in [3.05, 3.63) is 0 Å². The van der Waals surface area contributed by atoms with E-state index in [0.717, 1.165) is 13.0 Å². The molecule has 1 N–H and O–H groups in total. The molecule has 5 heteroatoms. The van der Waals surface area contributed by atoms with Crippen molar-refractivity contribution in [2.24, 2.45) is 0 Å². The zero-order valence-corrected chi connectivity index (χ0v) is 10.2. The van der Waals surface area contributed by atoms with Gasteiger partial charge in [-0.25, -0.2) is 0 Å². The van der Waals surface area contributed by atoms with Crippen LogP contribution in [0.4, 0.5) is 13.2 Å². The molecular formula is C11H22F3NO. The van der Waals surface area contributed by atoms with E-state index < -0.39 is 12.6 Å². The standard InChI is InChI=1S/C11H22F3NO/c1-4-7-15-10(8-9(2)16-3)5-6-11(12,13)14/h9-10,15H,4-8H2,1-3H3. The minimum Gasteiger partial charge on any atom is -0.382 e. The number of halogens is 3. The molecule has 0 aliphatic rings. The molecule has 2 unspecified atom stereocenters. The summed E-state index contributed by atoms with van der Waals surface area (Å²) in [5, 5.41) is 3.13. The molecule has 0 rings (SSSR count). The summed E-state index contributed by atoms with van der Waals surface area (Å²) in [7, 11) is 1.57. The van der Waals surface area contributed by atoms with Gasteiger partial charge in [-0.3, -0.25) is 0 Å². The summed E-state index contributed by atoms with van der Waals surface area (Å²) in [6.45, 7) is 4.61. The van der Waals surface area contributed by atoms with E-state index in [1.54, 1.807) is 7.11 Å². The van der Waals surface area contributed by atoms with Crippen LogP contribution < -0.4 is 5.32 Å². The van der Waals surface area contributed by atoms with Gasteiger partial charge in [0, 0.05) is 19.6 Å². The van der Waals surface area contributed by atoms with Crippen LogP contribution in [0.5, 0.6) is 0 Å². The van der Waals surface area contributed by atoms with Gasteiger partial charge in [0.15, 0.2) is 0 Å². The van der Waals surface area contributed by atoms with Crippen molar-refractivity contribution in [1.29, 1.82) is 0 Å². The minimum absolute atomic E-state index is 0.0115. The first-order chi connectivity index (χ1) is 7.39. The van der Waals surface area contributed by atoms with E-state index in [9.17, 15) is 13.2 Å². The summed E-state index contributed by atoms with van der Waals surface area (Å²) in [4.78, 5) is 0. The molecular weight excluding hydrogens is 219 g/mol. The van der Waals surface area contributed by atoms with E-state index >= 15 is 0 Å². The highest BCUT2D eigenvalue weighted by molar-refractivity contribution is 4.71. The quantitative estimate of drug-likeness (QED) is 0.705. The van der Waals surface area contributed by atoms with Crippen molar-refractivity contribution in [2.45, 2.75) is 57.9 Å². The molecule has 0 aromatic carbocycles. The van der Waals surface area contributed by atoms with Crippen LogP contribution in [0.15, 0.2) is 0 Å². The second-order valence-corrected chi connectivity index (χ2v) is 4.09. The summed E-state index contributed by atoms with van der Waals surface area (Å²) >= 11 is 0. The van der Waals surface area contributed by atoms with Crippen LogP contribution in [0.3, 0.4) is 0 Å². The molecule has 0 aliphatic heterocycles. The number of ether oxygens (including phenoxy) is 1. The number of hydrogen-bond acceptors (Lipinski definition) is 2. The molecule has 2 atom stereocenters. The molecule has 0 aliphatic carbocycles. The van der Waals surface area contributed by atoms with Crippen LogP contribution >= 0.6 is 0 Å². The predicted octanol–water partition coefficient (Wildman–Crippen LogP) is 3.12. The molecule has 2 nitrogen and oxygen atoms in total. The smallest absolute Gasteiger partial charge is 0.382 e. The normalized spacial score (nSPS) is 16.1. The monoisotopic (exact) mass is 241 g/mol. The van der Waals surface area contributed by atoms with E-state index in [-0.39, 0.29) is 18.6 Å². The summed E-state index contributed by atoms with van der Waals surface area (Å²) in [6, 6.07) is -0.114. The number of hydrogen-bond donors (Lipinski definition) is 1. The van der Waals surface area contributed by atoms with Crippen molar-refractivity contribution in [3.63, 3.8) is 0 Å². The molecule has 0 amide bonds. The Morgan fingerprint density at radius 2 is 1.94 bits per heavy atom. The van der Waals surface area contributed by atoms with Crippen LogP contribution in [-0.2, 0) is 4.74 Å². The maximum Gasteiger partial charge on any atom is 0.389 e. The van der Waals surface area contributed by atoms with E-state index in [1.807, 2.05) is 13.8 Å². The second kappa shape index (κ2) is 7.90. The van der Waals surface area contributed by atoms with Crippen molar-refractivity contribution >= 4 is 0 Å². The van der Waals surface area contributed by atoms with E-state index in [0.29, 0.717) is 6.42 Å². The lowest BCUT2D eigenvalue weighted by Crippen LogP contribution is -2.34. The van der Waals surface area contributed by atoms with Gasteiger partial charge in [0.05, 0.1) is 6.10 Å². The lowest BCUT2D eigenvalue weighted by Gasteiger charge is -2.22. The Hall–Kier alpha value is -0.290.